The van der Waals surface area contributed by atoms with Gasteiger partial charge in [-0.05, 0) is 44.0 Å². The molecule has 1 atom stereocenters. The maximum atomic E-state index is 12.9. The lowest BCUT2D eigenvalue weighted by Gasteiger charge is -2.22. The Hall–Kier alpha value is -2.34. The van der Waals surface area contributed by atoms with Gasteiger partial charge in [0.05, 0.1) is 17.3 Å². The molecule has 24 heavy (non-hydrogen) atoms. The molecule has 2 aromatic rings. The zero-order valence-corrected chi connectivity index (χ0v) is 13.7. The van der Waals surface area contributed by atoms with Gasteiger partial charge in [0.1, 0.15) is 11.6 Å². The molecule has 1 aliphatic rings. The lowest BCUT2D eigenvalue weighted by atomic mass is 10.0. The van der Waals surface area contributed by atoms with Crippen molar-refractivity contribution < 1.29 is 9.18 Å². The fourth-order valence-corrected chi connectivity index (χ4v) is 2.83. The molecule has 0 saturated carbocycles. The number of nitrogens with one attached hydrogen (secondary N) is 2. The first-order valence-electron chi connectivity index (χ1n) is 8.23. The summed E-state index contributed by atoms with van der Waals surface area (Å²) in [5.41, 5.74) is 1.98. The van der Waals surface area contributed by atoms with Gasteiger partial charge in [0.2, 0.25) is 0 Å². The van der Waals surface area contributed by atoms with Crippen molar-refractivity contribution in [3.8, 4) is 0 Å². The second kappa shape index (κ2) is 7.49. The van der Waals surface area contributed by atoms with Crippen LogP contribution >= 0.6 is 0 Å². The second-order valence-corrected chi connectivity index (χ2v) is 6.04. The van der Waals surface area contributed by atoms with E-state index in [-0.39, 0.29) is 17.8 Å². The number of benzene rings is 1. The van der Waals surface area contributed by atoms with E-state index in [1.807, 2.05) is 6.92 Å². The molecule has 1 saturated heterocycles. The minimum Gasteiger partial charge on any atom is -0.348 e. The highest BCUT2D eigenvalue weighted by atomic mass is 19.1. The zero-order chi connectivity index (χ0) is 16.9. The van der Waals surface area contributed by atoms with Crippen molar-refractivity contribution in [1.29, 1.82) is 0 Å². The molecule has 1 aromatic heterocycles. The standard InChI is InChI=1S/C18H21FN4O/c1-12-15(11-21-17(23-12)16-4-2-3-9-20-16)18(24)22-10-13-5-7-14(19)8-6-13/h5-8,11,16,20H,2-4,9-10H2,1H3,(H,22,24)/t16-/m0/s1. The maximum absolute atomic E-state index is 12.9. The number of nitrogens with zero attached hydrogens (tertiary/aromatic N) is 2. The van der Waals surface area contributed by atoms with E-state index in [1.165, 1.54) is 25.0 Å². The highest BCUT2D eigenvalue weighted by Crippen LogP contribution is 2.20. The van der Waals surface area contributed by atoms with E-state index in [9.17, 15) is 9.18 Å². The smallest absolute Gasteiger partial charge is 0.254 e. The highest BCUT2D eigenvalue weighted by Gasteiger charge is 2.19. The molecule has 1 amide bonds. The Labute approximate surface area is 140 Å². The number of rotatable bonds is 4. The van der Waals surface area contributed by atoms with Gasteiger partial charge < -0.3 is 10.6 Å². The van der Waals surface area contributed by atoms with Crippen LogP contribution < -0.4 is 10.6 Å². The van der Waals surface area contributed by atoms with Gasteiger partial charge in [-0.1, -0.05) is 18.6 Å². The molecule has 1 aromatic carbocycles. The Balaban J connectivity index is 1.65. The van der Waals surface area contributed by atoms with Crippen LogP contribution in [0.2, 0.25) is 0 Å². The van der Waals surface area contributed by atoms with E-state index in [0.717, 1.165) is 24.4 Å². The van der Waals surface area contributed by atoms with Crippen LogP contribution in [-0.2, 0) is 6.54 Å². The minimum absolute atomic E-state index is 0.175. The average Bonchev–Trinajstić information content (AvgIpc) is 2.61. The lowest BCUT2D eigenvalue weighted by molar-refractivity contribution is 0.0949. The molecule has 5 nitrogen and oxygen atoms in total. The summed E-state index contributed by atoms with van der Waals surface area (Å²) in [7, 11) is 0. The number of piperidine rings is 1. The minimum atomic E-state index is -0.291. The molecule has 2 heterocycles. The van der Waals surface area contributed by atoms with Crippen molar-refractivity contribution >= 4 is 5.91 Å². The van der Waals surface area contributed by atoms with Gasteiger partial charge >= 0.3 is 0 Å². The maximum Gasteiger partial charge on any atom is 0.254 e. The number of carbonyl (C=O) groups is 1. The van der Waals surface area contributed by atoms with E-state index in [0.29, 0.717) is 17.8 Å². The lowest BCUT2D eigenvalue weighted by Crippen LogP contribution is -2.29. The van der Waals surface area contributed by atoms with Crippen LogP contribution in [0.4, 0.5) is 4.39 Å². The molecule has 3 rings (SSSR count). The first kappa shape index (κ1) is 16.5. The Kier molecular flexibility index (Phi) is 5.15. The highest BCUT2D eigenvalue weighted by molar-refractivity contribution is 5.94. The quantitative estimate of drug-likeness (QED) is 0.905. The molecule has 0 bridgehead atoms. The van der Waals surface area contributed by atoms with Gasteiger partial charge in [-0.2, -0.15) is 0 Å². The summed E-state index contributed by atoms with van der Waals surface area (Å²) in [6, 6.07) is 6.23. The molecule has 0 radical (unpaired) electrons. The van der Waals surface area contributed by atoms with Gasteiger partial charge in [-0.25, -0.2) is 14.4 Å². The van der Waals surface area contributed by atoms with E-state index >= 15 is 0 Å². The third-order valence-electron chi connectivity index (χ3n) is 4.23. The SMILES string of the molecule is Cc1nc([C@@H]2CCCCN2)ncc1C(=O)NCc1ccc(F)cc1. The summed E-state index contributed by atoms with van der Waals surface area (Å²) in [5, 5.41) is 6.22. The van der Waals surface area contributed by atoms with Crippen LogP contribution in [0.15, 0.2) is 30.5 Å². The third kappa shape index (κ3) is 3.94. The van der Waals surface area contributed by atoms with Crippen molar-refractivity contribution in [3.05, 3.63) is 58.9 Å². The molecule has 0 aliphatic carbocycles. The molecular formula is C18H21FN4O. The van der Waals surface area contributed by atoms with Crippen molar-refractivity contribution in [3.63, 3.8) is 0 Å². The zero-order valence-electron chi connectivity index (χ0n) is 13.7. The van der Waals surface area contributed by atoms with Crippen molar-refractivity contribution in [2.24, 2.45) is 0 Å². The number of aryl methyl sites for hydroxylation is 1. The summed E-state index contributed by atoms with van der Waals surface area (Å²) < 4.78 is 12.9. The fraction of sp³-hybridized carbons (Fsp3) is 0.389. The normalized spacial score (nSPS) is 17.5. The van der Waals surface area contributed by atoms with Gasteiger partial charge in [0, 0.05) is 12.7 Å². The summed E-state index contributed by atoms with van der Waals surface area (Å²) in [6.07, 6.45) is 4.96. The molecule has 0 spiro atoms. The summed E-state index contributed by atoms with van der Waals surface area (Å²) in [5.74, 6) is 0.239. The first-order valence-corrected chi connectivity index (χ1v) is 8.23. The Bertz CT molecular complexity index is 711. The Morgan fingerprint density at radius 1 is 1.33 bits per heavy atom. The van der Waals surface area contributed by atoms with Gasteiger partial charge in [-0.3, -0.25) is 4.79 Å². The predicted molar refractivity (Wildman–Crippen MR) is 88.9 cm³/mol. The summed E-state index contributed by atoms with van der Waals surface area (Å²) >= 11 is 0. The first-order chi connectivity index (χ1) is 11.6. The van der Waals surface area contributed by atoms with Gasteiger partial charge in [-0.15, -0.1) is 0 Å². The van der Waals surface area contributed by atoms with Gasteiger partial charge in [0.15, 0.2) is 0 Å². The molecule has 126 valence electrons. The summed E-state index contributed by atoms with van der Waals surface area (Å²) in [4.78, 5) is 21.2. The molecule has 1 fully saturated rings. The number of hydrogen-bond donors (Lipinski definition) is 2. The molecule has 0 unspecified atom stereocenters. The van der Waals surface area contributed by atoms with E-state index in [4.69, 9.17) is 0 Å². The van der Waals surface area contributed by atoms with Crippen LogP contribution in [0.3, 0.4) is 0 Å². The summed E-state index contributed by atoms with van der Waals surface area (Å²) in [6.45, 7) is 3.14. The topological polar surface area (TPSA) is 66.9 Å². The van der Waals surface area contributed by atoms with Crippen LogP contribution in [0, 0.1) is 12.7 Å². The number of amides is 1. The number of aromatic nitrogens is 2. The van der Waals surface area contributed by atoms with Gasteiger partial charge in [0.25, 0.3) is 5.91 Å². The van der Waals surface area contributed by atoms with E-state index in [1.54, 1.807) is 18.3 Å². The third-order valence-corrected chi connectivity index (χ3v) is 4.23. The molecule has 1 aliphatic heterocycles. The number of halogens is 1. The monoisotopic (exact) mass is 328 g/mol. The second-order valence-electron chi connectivity index (χ2n) is 6.04. The van der Waals surface area contributed by atoms with Crippen LogP contribution in [0.25, 0.3) is 0 Å². The predicted octanol–water partition coefficient (Wildman–Crippen LogP) is 2.67. The molecular weight excluding hydrogens is 307 g/mol. The number of carbonyl (C=O) groups excluding carboxylic acids is 1. The Morgan fingerprint density at radius 2 is 2.12 bits per heavy atom. The fourth-order valence-electron chi connectivity index (χ4n) is 2.83. The molecule has 6 heteroatoms. The van der Waals surface area contributed by atoms with E-state index in [2.05, 4.69) is 20.6 Å². The number of hydrogen-bond acceptors (Lipinski definition) is 4. The largest absolute Gasteiger partial charge is 0.348 e. The average molecular weight is 328 g/mol. The van der Waals surface area contributed by atoms with Crippen molar-refractivity contribution in [1.82, 2.24) is 20.6 Å². The van der Waals surface area contributed by atoms with Crippen LogP contribution in [-0.4, -0.2) is 22.4 Å². The van der Waals surface area contributed by atoms with Crippen LogP contribution in [0.1, 0.15) is 52.7 Å². The Morgan fingerprint density at radius 3 is 2.79 bits per heavy atom. The van der Waals surface area contributed by atoms with Crippen molar-refractivity contribution in [2.75, 3.05) is 6.54 Å². The van der Waals surface area contributed by atoms with Crippen molar-refractivity contribution in [2.45, 2.75) is 38.8 Å². The van der Waals surface area contributed by atoms with Crippen LogP contribution in [0.5, 0.6) is 0 Å². The molecule has 2 N–H and O–H groups in total. The van der Waals surface area contributed by atoms with E-state index < -0.39 is 0 Å².